The summed E-state index contributed by atoms with van der Waals surface area (Å²) in [5.41, 5.74) is 0.0252. The first-order valence-electron chi connectivity index (χ1n) is 4.44. The van der Waals surface area contributed by atoms with E-state index < -0.39 is 5.97 Å². The lowest BCUT2D eigenvalue weighted by molar-refractivity contribution is 0.0689. The summed E-state index contributed by atoms with van der Waals surface area (Å²) in [5, 5.41) is 17.7. The van der Waals surface area contributed by atoms with E-state index >= 15 is 0 Å². The van der Waals surface area contributed by atoms with Crippen LogP contribution in [0.3, 0.4) is 0 Å². The molecule has 16 heavy (non-hydrogen) atoms. The first-order chi connectivity index (χ1) is 7.60. The van der Waals surface area contributed by atoms with Crippen LogP contribution in [0.15, 0.2) is 12.1 Å². The van der Waals surface area contributed by atoms with E-state index in [0.29, 0.717) is 5.75 Å². The zero-order valence-corrected chi connectivity index (χ0v) is 10.7. The zero-order chi connectivity index (χ0) is 12.1. The fourth-order valence-electron chi connectivity index (χ4n) is 1.18. The highest BCUT2D eigenvalue weighted by Gasteiger charge is 2.17. The molecule has 0 atom stereocenters. The summed E-state index contributed by atoms with van der Waals surface area (Å²) in [6.07, 6.45) is 0. The normalized spacial score (nSPS) is 9.94. The van der Waals surface area contributed by atoms with E-state index in [1.54, 1.807) is 6.07 Å². The highest BCUT2D eigenvalue weighted by Crippen LogP contribution is 2.33. The molecule has 0 unspecified atom stereocenters. The molecule has 0 aliphatic heterocycles. The van der Waals surface area contributed by atoms with E-state index in [1.165, 1.54) is 13.2 Å². The third-order valence-electron chi connectivity index (χ3n) is 1.81. The van der Waals surface area contributed by atoms with Crippen LogP contribution < -0.4 is 9.47 Å². The van der Waals surface area contributed by atoms with Crippen molar-refractivity contribution in [1.29, 1.82) is 0 Å². The summed E-state index contributed by atoms with van der Waals surface area (Å²) >= 11 is 1.99. The maximum Gasteiger partial charge on any atom is 0.339 e. The Morgan fingerprint density at radius 1 is 1.50 bits per heavy atom. The van der Waals surface area contributed by atoms with Gasteiger partial charge in [-0.15, -0.1) is 0 Å². The molecule has 1 aromatic carbocycles. The highest BCUT2D eigenvalue weighted by atomic mass is 127. The van der Waals surface area contributed by atoms with Crippen molar-refractivity contribution in [3.63, 3.8) is 0 Å². The maximum absolute atomic E-state index is 11.0. The molecule has 5 nitrogen and oxygen atoms in total. The standard InChI is InChI=1S/C10H11IO5/c1-15-8-5-6(11)4-7(10(13)14)9(8)16-3-2-12/h4-5,12H,2-3H2,1H3,(H,13,14). The molecule has 0 aromatic heterocycles. The summed E-state index contributed by atoms with van der Waals surface area (Å²) < 4.78 is 10.9. The Bertz CT molecular complexity index is 391. The van der Waals surface area contributed by atoms with Gasteiger partial charge >= 0.3 is 5.97 Å². The van der Waals surface area contributed by atoms with Crippen molar-refractivity contribution in [3.8, 4) is 11.5 Å². The second-order valence-electron chi connectivity index (χ2n) is 2.86. The van der Waals surface area contributed by atoms with Crippen LogP contribution >= 0.6 is 22.6 Å². The lowest BCUT2D eigenvalue weighted by atomic mass is 10.2. The second kappa shape index (κ2) is 5.90. The van der Waals surface area contributed by atoms with Crippen LogP contribution in [0, 0.1) is 3.57 Å². The molecular formula is C10H11IO5. The van der Waals surface area contributed by atoms with E-state index in [9.17, 15) is 4.79 Å². The molecule has 0 saturated heterocycles. The second-order valence-corrected chi connectivity index (χ2v) is 4.11. The number of carboxylic acids is 1. The fraction of sp³-hybridized carbons (Fsp3) is 0.300. The molecule has 88 valence electrons. The van der Waals surface area contributed by atoms with Gasteiger partial charge in [0.2, 0.25) is 0 Å². The smallest absolute Gasteiger partial charge is 0.339 e. The van der Waals surface area contributed by atoms with Crippen molar-refractivity contribution >= 4 is 28.6 Å². The Morgan fingerprint density at radius 3 is 2.69 bits per heavy atom. The van der Waals surface area contributed by atoms with E-state index in [4.69, 9.17) is 19.7 Å². The third-order valence-corrected chi connectivity index (χ3v) is 2.43. The van der Waals surface area contributed by atoms with Crippen molar-refractivity contribution in [1.82, 2.24) is 0 Å². The monoisotopic (exact) mass is 338 g/mol. The van der Waals surface area contributed by atoms with Crippen LogP contribution in [0.25, 0.3) is 0 Å². The summed E-state index contributed by atoms with van der Waals surface area (Å²) in [5.74, 6) is -0.605. The number of ether oxygens (including phenoxy) is 2. The van der Waals surface area contributed by atoms with Crippen molar-refractivity contribution in [2.75, 3.05) is 20.3 Å². The van der Waals surface area contributed by atoms with Gasteiger partial charge in [-0.05, 0) is 34.7 Å². The Morgan fingerprint density at radius 2 is 2.19 bits per heavy atom. The van der Waals surface area contributed by atoms with E-state index in [-0.39, 0.29) is 24.5 Å². The lowest BCUT2D eigenvalue weighted by Crippen LogP contribution is -2.08. The highest BCUT2D eigenvalue weighted by molar-refractivity contribution is 14.1. The van der Waals surface area contributed by atoms with Crippen LogP contribution in [0.1, 0.15) is 10.4 Å². The summed E-state index contributed by atoms with van der Waals surface area (Å²) in [7, 11) is 1.43. The first-order valence-corrected chi connectivity index (χ1v) is 5.52. The molecule has 0 aliphatic carbocycles. The fourth-order valence-corrected chi connectivity index (χ4v) is 1.77. The quantitative estimate of drug-likeness (QED) is 0.793. The Hall–Kier alpha value is -1.02. The number of aliphatic hydroxyl groups excluding tert-OH is 1. The number of benzene rings is 1. The SMILES string of the molecule is COc1cc(I)cc(C(=O)O)c1OCCO. The van der Waals surface area contributed by atoms with Crippen molar-refractivity contribution in [3.05, 3.63) is 21.3 Å². The molecule has 1 aromatic rings. The molecule has 0 heterocycles. The van der Waals surface area contributed by atoms with Crippen LogP contribution in [-0.4, -0.2) is 36.5 Å². The molecule has 0 spiro atoms. The van der Waals surface area contributed by atoms with Gasteiger partial charge in [0.15, 0.2) is 11.5 Å². The predicted octanol–water partition coefficient (Wildman–Crippen LogP) is 1.37. The van der Waals surface area contributed by atoms with Crippen LogP contribution in [0.2, 0.25) is 0 Å². The first kappa shape index (κ1) is 13.0. The van der Waals surface area contributed by atoms with Crippen LogP contribution in [0.4, 0.5) is 0 Å². The average Bonchev–Trinajstić information content (AvgIpc) is 2.26. The van der Waals surface area contributed by atoms with Gasteiger partial charge < -0.3 is 19.7 Å². The van der Waals surface area contributed by atoms with Gasteiger partial charge in [-0.2, -0.15) is 0 Å². The molecule has 0 amide bonds. The molecule has 0 saturated carbocycles. The summed E-state index contributed by atoms with van der Waals surface area (Å²) in [6.45, 7) is -0.161. The number of hydrogen-bond donors (Lipinski definition) is 2. The van der Waals surface area contributed by atoms with E-state index in [2.05, 4.69) is 0 Å². The number of hydrogen-bond acceptors (Lipinski definition) is 4. The van der Waals surface area contributed by atoms with Gasteiger partial charge in [-0.3, -0.25) is 0 Å². The van der Waals surface area contributed by atoms with Crippen molar-refractivity contribution in [2.24, 2.45) is 0 Å². The number of aromatic carboxylic acids is 1. The zero-order valence-electron chi connectivity index (χ0n) is 8.57. The molecule has 0 aliphatic rings. The molecule has 0 bridgehead atoms. The number of halogens is 1. The summed E-state index contributed by atoms with van der Waals surface area (Å²) in [6, 6.07) is 3.15. The Labute approximate surface area is 106 Å². The molecule has 6 heteroatoms. The molecule has 0 fully saturated rings. The van der Waals surface area contributed by atoms with Gasteiger partial charge in [-0.25, -0.2) is 4.79 Å². The minimum absolute atomic E-state index is 0.0250. The Kier molecular flexibility index (Phi) is 4.81. The maximum atomic E-state index is 11.0. The van der Waals surface area contributed by atoms with Crippen LogP contribution in [0.5, 0.6) is 11.5 Å². The van der Waals surface area contributed by atoms with Gasteiger partial charge in [0.1, 0.15) is 12.2 Å². The number of carbonyl (C=O) groups is 1. The summed E-state index contributed by atoms with van der Waals surface area (Å²) in [4.78, 5) is 11.0. The van der Waals surface area contributed by atoms with Crippen molar-refractivity contribution < 1.29 is 24.5 Å². The minimum atomic E-state index is -1.09. The molecule has 2 N–H and O–H groups in total. The van der Waals surface area contributed by atoms with E-state index in [0.717, 1.165) is 3.57 Å². The van der Waals surface area contributed by atoms with Crippen LogP contribution in [-0.2, 0) is 0 Å². The minimum Gasteiger partial charge on any atom is -0.493 e. The van der Waals surface area contributed by atoms with Gasteiger partial charge in [0.25, 0.3) is 0 Å². The Balaban J connectivity index is 3.21. The largest absolute Gasteiger partial charge is 0.493 e. The molecule has 1 rings (SSSR count). The van der Waals surface area contributed by atoms with Crippen molar-refractivity contribution in [2.45, 2.75) is 0 Å². The molecule has 0 radical (unpaired) electrons. The average molecular weight is 338 g/mol. The third kappa shape index (κ3) is 2.99. The lowest BCUT2D eigenvalue weighted by Gasteiger charge is -2.12. The van der Waals surface area contributed by atoms with Gasteiger partial charge in [0.05, 0.1) is 13.7 Å². The van der Waals surface area contributed by atoms with Gasteiger partial charge in [-0.1, -0.05) is 0 Å². The number of carboxylic acid groups (broad SMARTS) is 1. The number of methoxy groups -OCH3 is 1. The number of aliphatic hydroxyl groups is 1. The predicted molar refractivity (Wildman–Crippen MR) is 65.3 cm³/mol. The molecular weight excluding hydrogens is 327 g/mol. The van der Waals surface area contributed by atoms with Gasteiger partial charge in [0, 0.05) is 3.57 Å². The topological polar surface area (TPSA) is 76.0 Å². The van der Waals surface area contributed by atoms with E-state index in [1.807, 2.05) is 22.6 Å². The number of rotatable bonds is 5.